The van der Waals surface area contributed by atoms with E-state index >= 15 is 0 Å². The molecule has 5 nitrogen and oxygen atoms in total. The van der Waals surface area contributed by atoms with E-state index in [1.807, 2.05) is 0 Å². The first-order valence-corrected chi connectivity index (χ1v) is 7.02. The number of hydrogen-bond acceptors (Lipinski definition) is 4. The third-order valence-electron chi connectivity index (χ3n) is 4.77. The van der Waals surface area contributed by atoms with Crippen molar-refractivity contribution in [3.05, 3.63) is 41.0 Å². The lowest BCUT2D eigenvalue weighted by atomic mass is 9.93. The number of nitrogens with zero attached hydrogens (tertiary/aromatic N) is 1. The van der Waals surface area contributed by atoms with Crippen LogP contribution in [0, 0.1) is 11.8 Å². The standard InChI is InChI=1S/C16H13NO4/c18-14-12-9-1-2-10(7-9)13(12)15(19)17(14)11-5-3-8(4-6-11)16(20)21/h3-6,9-10H,1-2,7H2,(H,20,21)/p-1. The summed E-state index contributed by atoms with van der Waals surface area (Å²) in [6.45, 7) is 0. The Morgan fingerprint density at radius 3 is 2.00 bits per heavy atom. The van der Waals surface area contributed by atoms with Gasteiger partial charge in [0.15, 0.2) is 0 Å². The molecule has 1 aromatic carbocycles. The molecule has 4 rings (SSSR count). The number of amides is 2. The van der Waals surface area contributed by atoms with Crippen LogP contribution in [-0.4, -0.2) is 17.8 Å². The molecule has 1 fully saturated rings. The van der Waals surface area contributed by atoms with E-state index in [0.717, 1.165) is 19.3 Å². The minimum atomic E-state index is -1.28. The topological polar surface area (TPSA) is 77.5 Å². The Bertz CT molecular complexity index is 684. The van der Waals surface area contributed by atoms with E-state index in [1.54, 1.807) is 0 Å². The average Bonchev–Trinajstić information content (AvgIpc) is 3.13. The first-order chi connectivity index (χ1) is 10.1. The molecule has 1 heterocycles. The number of fused-ring (bicyclic) bond motifs is 4. The van der Waals surface area contributed by atoms with E-state index in [9.17, 15) is 19.5 Å². The Balaban J connectivity index is 1.70. The molecule has 2 amide bonds. The van der Waals surface area contributed by atoms with Crippen molar-refractivity contribution in [3.63, 3.8) is 0 Å². The molecule has 1 aliphatic heterocycles. The summed E-state index contributed by atoms with van der Waals surface area (Å²) in [5.74, 6) is -1.28. The smallest absolute Gasteiger partial charge is 0.262 e. The molecule has 0 spiro atoms. The normalized spacial score (nSPS) is 26.8. The summed E-state index contributed by atoms with van der Waals surface area (Å²) >= 11 is 0. The van der Waals surface area contributed by atoms with Crippen LogP contribution in [0.25, 0.3) is 0 Å². The predicted molar refractivity (Wildman–Crippen MR) is 71.1 cm³/mol. The number of hydrogen-bond donors (Lipinski definition) is 0. The summed E-state index contributed by atoms with van der Waals surface area (Å²) < 4.78 is 0. The highest BCUT2D eigenvalue weighted by Crippen LogP contribution is 2.52. The van der Waals surface area contributed by atoms with Crippen LogP contribution in [-0.2, 0) is 9.59 Å². The molecule has 2 atom stereocenters. The van der Waals surface area contributed by atoms with Gasteiger partial charge in [-0.2, -0.15) is 0 Å². The van der Waals surface area contributed by atoms with Gasteiger partial charge in [0.1, 0.15) is 0 Å². The lowest BCUT2D eigenvalue weighted by Gasteiger charge is -2.18. The lowest BCUT2D eigenvalue weighted by molar-refractivity contribution is -0.255. The summed E-state index contributed by atoms with van der Waals surface area (Å²) in [6, 6.07) is 5.66. The molecule has 1 aromatic rings. The van der Waals surface area contributed by atoms with Gasteiger partial charge in [0.05, 0.1) is 11.7 Å². The zero-order valence-corrected chi connectivity index (χ0v) is 11.2. The van der Waals surface area contributed by atoms with Gasteiger partial charge < -0.3 is 9.90 Å². The maximum Gasteiger partial charge on any atom is 0.262 e. The second-order valence-corrected chi connectivity index (χ2v) is 5.81. The molecular weight excluding hydrogens is 270 g/mol. The number of rotatable bonds is 2. The Morgan fingerprint density at radius 1 is 1.00 bits per heavy atom. The molecule has 3 aliphatic rings. The Hall–Kier alpha value is -2.43. The van der Waals surface area contributed by atoms with Crippen LogP contribution in [0.1, 0.15) is 29.6 Å². The molecule has 1 saturated carbocycles. The summed E-state index contributed by atoms with van der Waals surface area (Å²) in [6.07, 6.45) is 2.90. The van der Waals surface area contributed by atoms with E-state index in [0.29, 0.717) is 16.8 Å². The average molecular weight is 282 g/mol. The van der Waals surface area contributed by atoms with Gasteiger partial charge in [-0.1, -0.05) is 12.1 Å². The van der Waals surface area contributed by atoms with Gasteiger partial charge in [-0.3, -0.25) is 9.59 Å². The van der Waals surface area contributed by atoms with Crippen molar-refractivity contribution >= 4 is 23.5 Å². The van der Waals surface area contributed by atoms with Crippen LogP contribution in [0.3, 0.4) is 0 Å². The highest BCUT2D eigenvalue weighted by Gasteiger charge is 2.52. The van der Waals surface area contributed by atoms with Gasteiger partial charge >= 0.3 is 0 Å². The van der Waals surface area contributed by atoms with Gasteiger partial charge in [0, 0.05) is 11.1 Å². The van der Waals surface area contributed by atoms with Crippen molar-refractivity contribution in [1.82, 2.24) is 0 Å². The molecule has 5 heteroatoms. The first kappa shape index (κ1) is 12.3. The summed E-state index contributed by atoms with van der Waals surface area (Å²) in [7, 11) is 0. The second kappa shape index (κ2) is 4.04. The predicted octanol–water partition coefficient (Wildman–Crippen LogP) is 0.650. The quantitative estimate of drug-likeness (QED) is 0.746. The van der Waals surface area contributed by atoms with Crippen LogP contribution in [0.4, 0.5) is 5.69 Å². The van der Waals surface area contributed by atoms with Crippen molar-refractivity contribution < 1.29 is 19.5 Å². The van der Waals surface area contributed by atoms with Gasteiger partial charge in [0.25, 0.3) is 11.8 Å². The highest BCUT2D eigenvalue weighted by atomic mass is 16.4. The van der Waals surface area contributed by atoms with Gasteiger partial charge in [-0.05, 0) is 48.8 Å². The van der Waals surface area contributed by atoms with E-state index < -0.39 is 5.97 Å². The zero-order valence-electron chi connectivity index (χ0n) is 11.2. The number of carbonyl (C=O) groups excluding carboxylic acids is 3. The maximum atomic E-state index is 12.5. The third kappa shape index (κ3) is 1.54. The number of anilines is 1. The van der Waals surface area contributed by atoms with Crippen LogP contribution >= 0.6 is 0 Å². The molecule has 0 N–H and O–H groups in total. The summed E-state index contributed by atoms with van der Waals surface area (Å²) in [5, 5.41) is 10.7. The molecule has 0 saturated heterocycles. The van der Waals surface area contributed by atoms with Gasteiger partial charge in [-0.15, -0.1) is 0 Å². The molecular formula is C16H12NO4-. The van der Waals surface area contributed by atoms with Crippen LogP contribution < -0.4 is 10.0 Å². The fourth-order valence-electron chi connectivity index (χ4n) is 3.84. The third-order valence-corrected chi connectivity index (χ3v) is 4.77. The number of carboxylic acid groups (broad SMARTS) is 1. The fraction of sp³-hybridized carbons (Fsp3) is 0.312. The number of imide groups is 1. The van der Waals surface area contributed by atoms with Gasteiger partial charge in [-0.25, -0.2) is 4.90 Å². The van der Waals surface area contributed by atoms with E-state index in [2.05, 4.69) is 0 Å². The number of aromatic carboxylic acids is 1. The Labute approximate surface area is 120 Å². The molecule has 106 valence electrons. The van der Waals surface area contributed by atoms with E-state index in [1.165, 1.54) is 29.2 Å². The first-order valence-electron chi connectivity index (χ1n) is 7.02. The molecule has 2 aliphatic carbocycles. The molecule has 0 aromatic heterocycles. The zero-order chi connectivity index (χ0) is 14.7. The van der Waals surface area contributed by atoms with Crippen molar-refractivity contribution in [3.8, 4) is 0 Å². The Morgan fingerprint density at radius 2 is 1.52 bits per heavy atom. The SMILES string of the molecule is O=C([O-])c1ccc(N2C(=O)C3=C(C2=O)C2CCC3C2)cc1. The maximum absolute atomic E-state index is 12.5. The van der Waals surface area contributed by atoms with E-state index in [4.69, 9.17) is 0 Å². The number of carboxylic acids is 1. The summed E-state index contributed by atoms with van der Waals surface area (Å²) in [5.41, 5.74) is 1.84. The molecule has 21 heavy (non-hydrogen) atoms. The van der Waals surface area contributed by atoms with Crippen LogP contribution in [0.2, 0.25) is 0 Å². The number of carbonyl (C=O) groups is 3. The van der Waals surface area contributed by atoms with Crippen LogP contribution in [0.15, 0.2) is 35.4 Å². The Kier molecular flexibility index (Phi) is 2.37. The van der Waals surface area contributed by atoms with Crippen LogP contribution in [0.5, 0.6) is 0 Å². The van der Waals surface area contributed by atoms with Crippen molar-refractivity contribution in [1.29, 1.82) is 0 Å². The molecule has 2 bridgehead atoms. The van der Waals surface area contributed by atoms with Crippen molar-refractivity contribution in [2.45, 2.75) is 19.3 Å². The monoisotopic (exact) mass is 282 g/mol. The lowest BCUT2D eigenvalue weighted by Crippen LogP contribution is -2.33. The fourth-order valence-corrected chi connectivity index (χ4v) is 3.84. The van der Waals surface area contributed by atoms with Gasteiger partial charge in [0.2, 0.25) is 0 Å². The summed E-state index contributed by atoms with van der Waals surface area (Å²) in [4.78, 5) is 37.0. The van der Waals surface area contributed by atoms with Crippen molar-refractivity contribution in [2.24, 2.45) is 11.8 Å². The highest BCUT2D eigenvalue weighted by molar-refractivity contribution is 6.33. The van der Waals surface area contributed by atoms with Crippen molar-refractivity contribution in [2.75, 3.05) is 4.90 Å². The number of benzene rings is 1. The van der Waals surface area contributed by atoms with E-state index in [-0.39, 0.29) is 29.2 Å². The largest absolute Gasteiger partial charge is 0.545 e. The minimum absolute atomic E-state index is 0.0263. The molecule has 2 unspecified atom stereocenters. The second-order valence-electron chi connectivity index (χ2n) is 5.81. The minimum Gasteiger partial charge on any atom is -0.545 e. The molecule has 0 radical (unpaired) electrons.